The van der Waals surface area contributed by atoms with E-state index in [1.165, 1.54) is 0 Å². The Morgan fingerprint density at radius 1 is 0.912 bits per heavy atom. The van der Waals surface area contributed by atoms with E-state index in [1.807, 2.05) is 88.4 Å². The van der Waals surface area contributed by atoms with Gasteiger partial charge in [-0.25, -0.2) is 4.79 Å². The lowest BCUT2D eigenvalue weighted by molar-refractivity contribution is -0.126. The first kappa shape index (κ1) is 25.4. The van der Waals surface area contributed by atoms with Crippen molar-refractivity contribution in [2.75, 3.05) is 0 Å². The molecule has 0 heterocycles. The van der Waals surface area contributed by atoms with Gasteiger partial charge in [-0.3, -0.25) is 9.59 Å². The maximum absolute atomic E-state index is 13.1. The van der Waals surface area contributed by atoms with Gasteiger partial charge in [0.15, 0.2) is 0 Å². The Balaban J connectivity index is 1.62. The van der Waals surface area contributed by atoms with Gasteiger partial charge in [0.1, 0.15) is 18.4 Å². The fraction of sp³-hybridized carbons (Fsp3) is 0.444. The predicted octanol–water partition coefficient (Wildman–Crippen LogP) is 3.42. The summed E-state index contributed by atoms with van der Waals surface area (Å²) in [6.07, 6.45) is -1.72. The minimum Gasteiger partial charge on any atom is -0.445 e. The number of hydrogen-bond acceptors (Lipinski definition) is 5. The molecule has 2 aromatic carbocycles. The van der Waals surface area contributed by atoms with Crippen LogP contribution < -0.4 is 10.6 Å². The molecule has 0 bridgehead atoms. The first-order chi connectivity index (χ1) is 16.2. The van der Waals surface area contributed by atoms with E-state index in [1.54, 1.807) is 0 Å². The first-order valence-electron chi connectivity index (χ1n) is 11.7. The van der Waals surface area contributed by atoms with Crippen molar-refractivity contribution < 1.29 is 24.2 Å². The number of benzene rings is 2. The van der Waals surface area contributed by atoms with Crippen LogP contribution in [0.25, 0.3) is 0 Å². The average Bonchev–Trinajstić information content (AvgIpc) is 3.50. The number of aliphatic hydroxyl groups excluding tert-OH is 1. The van der Waals surface area contributed by atoms with Crippen molar-refractivity contribution in [2.45, 2.75) is 58.4 Å². The summed E-state index contributed by atoms with van der Waals surface area (Å²) >= 11 is 0. The largest absolute Gasteiger partial charge is 0.445 e. The highest BCUT2D eigenvalue weighted by atomic mass is 16.5. The van der Waals surface area contributed by atoms with Gasteiger partial charge in [-0.05, 0) is 23.0 Å². The molecule has 2 aromatic rings. The number of nitrogens with one attached hydrogen (secondary N) is 2. The minimum atomic E-state index is -1.03. The molecule has 7 nitrogen and oxygen atoms in total. The maximum Gasteiger partial charge on any atom is 0.408 e. The number of aliphatic hydroxyl groups is 1. The topological polar surface area (TPSA) is 105 Å². The molecule has 182 valence electrons. The predicted molar refractivity (Wildman–Crippen MR) is 129 cm³/mol. The lowest BCUT2D eigenvalue weighted by atomic mass is 9.92. The third-order valence-corrected chi connectivity index (χ3v) is 6.24. The second kappa shape index (κ2) is 11.3. The molecule has 5 atom stereocenters. The standard InChI is InChI=1S/C27H34N2O5/c1-16(2)22(25(31)21-20(24(21)30)19-13-9-6-10-14-19)28-26(32)23(17(3)4)29-27(33)34-15-18-11-7-5-8-12-18/h5-14,16-17,20-23,25,31H,15H2,1-4H3,(H,28,32)(H,29,33)/t20?,21?,22-,23-,25-/m0/s1. The fourth-order valence-corrected chi connectivity index (χ4v) is 4.21. The van der Waals surface area contributed by atoms with Crippen molar-refractivity contribution in [3.8, 4) is 0 Å². The Morgan fingerprint density at radius 3 is 2.06 bits per heavy atom. The summed E-state index contributed by atoms with van der Waals surface area (Å²) in [5, 5.41) is 16.6. The molecule has 2 amide bonds. The molecule has 0 spiro atoms. The van der Waals surface area contributed by atoms with E-state index < -0.39 is 36.1 Å². The van der Waals surface area contributed by atoms with Crippen molar-refractivity contribution in [3.63, 3.8) is 0 Å². The van der Waals surface area contributed by atoms with Crippen LogP contribution in [0.15, 0.2) is 60.7 Å². The van der Waals surface area contributed by atoms with Gasteiger partial charge in [-0.1, -0.05) is 88.4 Å². The minimum absolute atomic E-state index is 0.0263. The van der Waals surface area contributed by atoms with Crippen LogP contribution >= 0.6 is 0 Å². The molecule has 7 heteroatoms. The van der Waals surface area contributed by atoms with Crippen LogP contribution in [0.3, 0.4) is 0 Å². The van der Waals surface area contributed by atoms with Crippen LogP contribution in [0.1, 0.15) is 44.7 Å². The van der Waals surface area contributed by atoms with E-state index in [9.17, 15) is 19.5 Å². The third kappa shape index (κ3) is 6.23. The molecule has 3 N–H and O–H groups in total. The van der Waals surface area contributed by atoms with E-state index >= 15 is 0 Å². The van der Waals surface area contributed by atoms with Gasteiger partial charge in [-0.15, -0.1) is 0 Å². The number of carbonyl (C=O) groups is 3. The zero-order valence-electron chi connectivity index (χ0n) is 20.1. The van der Waals surface area contributed by atoms with Gasteiger partial charge in [0.25, 0.3) is 0 Å². The van der Waals surface area contributed by atoms with Gasteiger partial charge >= 0.3 is 6.09 Å². The number of carbonyl (C=O) groups excluding carboxylic acids is 3. The third-order valence-electron chi connectivity index (χ3n) is 6.24. The summed E-state index contributed by atoms with van der Waals surface area (Å²) < 4.78 is 5.26. The molecule has 34 heavy (non-hydrogen) atoms. The normalized spacial score (nSPS) is 19.9. The number of ketones is 1. The summed E-state index contributed by atoms with van der Waals surface area (Å²) in [4.78, 5) is 38.0. The van der Waals surface area contributed by atoms with Crippen molar-refractivity contribution in [1.82, 2.24) is 10.6 Å². The fourth-order valence-electron chi connectivity index (χ4n) is 4.21. The second-order valence-corrected chi connectivity index (χ2v) is 9.51. The number of alkyl carbamates (subject to hydrolysis) is 1. The summed E-state index contributed by atoms with van der Waals surface area (Å²) in [6.45, 7) is 7.49. The smallest absolute Gasteiger partial charge is 0.408 e. The zero-order valence-corrected chi connectivity index (χ0v) is 20.1. The molecule has 1 fully saturated rings. The van der Waals surface area contributed by atoms with Crippen LogP contribution in [-0.2, 0) is 20.9 Å². The van der Waals surface area contributed by atoms with E-state index in [-0.39, 0.29) is 30.1 Å². The van der Waals surface area contributed by atoms with Gasteiger partial charge in [-0.2, -0.15) is 0 Å². The highest BCUT2D eigenvalue weighted by Gasteiger charge is 2.56. The highest BCUT2D eigenvalue weighted by molar-refractivity contribution is 6.05. The lowest BCUT2D eigenvalue weighted by Gasteiger charge is -2.30. The summed E-state index contributed by atoms with van der Waals surface area (Å²) in [7, 11) is 0. The van der Waals surface area contributed by atoms with Gasteiger partial charge in [0, 0.05) is 0 Å². The number of rotatable bonds is 10. The molecule has 0 saturated heterocycles. The lowest BCUT2D eigenvalue weighted by Crippen LogP contribution is -2.56. The molecule has 1 saturated carbocycles. The number of Topliss-reactive ketones (excluding diaryl/α,β-unsaturated/α-hetero) is 1. The second-order valence-electron chi connectivity index (χ2n) is 9.51. The Morgan fingerprint density at radius 2 is 1.50 bits per heavy atom. The van der Waals surface area contributed by atoms with E-state index in [0.29, 0.717) is 0 Å². The Bertz CT molecular complexity index is 977. The van der Waals surface area contributed by atoms with E-state index in [4.69, 9.17) is 4.74 Å². The SMILES string of the molecule is CC(C)[C@H](NC(=O)OCc1ccccc1)C(=O)N[C@@H](C(C)C)[C@@H](O)C1C(=O)C1c1ccccc1. The van der Waals surface area contributed by atoms with Crippen molar-refractivity contribution in [2.24, 2.45) is 17.8 Å². The van der Waals surface area contributed by atoms with Crippen LogP contribution in [0.2, 0.25) is 0 Å². The maximum atomic E-state index is 13.1. The monoisotopic (exact) mass is 466 g/mol. The molecule has 3 rings (SSSR count). The van der Waals surface area contributed by atoms with Crippen LogP contribution in [0, 0.1) is 17.8 Å². The van der Waals surface area contributed by atoms with E-state index in [0.717, 1.165) is 11.1 Å². The van der Waals surface area contributed by atoms with Crippen LogP contribution in [0.4, 0.5) is 4.79 Å². The Kier molecular flexibility index (Phi) is 8.45. The van der Waals surface area contributed by atoms with E-state index in [2.05, 4.69) is 10.6 Å². The first-order valence-corrected chi connectivity index (χ1v) is 11.7. The molecule has 1 aliphatic carbocycles. The van der Waals surface area contributed by atoms with Crippen molar-refractivity contribution >= 4 is 17.8 Å². The molecule has 0 aliphatic heterocycles. The molecule has 0 radical (unpaired) electrons. The van der Waals surface area contributed by atoms with Crippen molar-refractivity contribution in [1.29, 1.82) is 0 Å². The molecular weight excluding hydrogens is 432 g/mol. The molecule has 1 aliphatic rings. The summed E-state index contributed by atoms with van der Waals surface area (Å²) in [5.74, 6) is -1.70. The zero-order chi connectivity index (χ0) is 24.8. The van der Waals surface area contributed by atoms with Gasteiger partial charge < -0.3 is 20.5 Å². The van der Waals surface area contributed by atoms with Crippen LogP contribution in [0.5, 0.6) is 0 Å². The molecule has 0 aromatic heterocycles. The van der Waals surface area contributed by atoms with Gasteiger partial charge in [0.2, 0.25) is 5.91 Å². The van der Waals surface area contributed by atoms with Crippen LogP contribution in [-0.4, -0.2) is 41.1 Å². The average molecular weight is 467 g/mol. The number of hydrogen-bond donors (Lipinski definition) is 3. The summed E-state index contributed by atoms with van der Waals surface area (Å²) in [5.41, 5.74) is 1.71. The molecular formula is C27H34N2O5. The number of ether oxygens (including phenoxy) is 1. The highest BCUT2D eigenvalue weighted by Crippen LogP contribution is 2.46. The molecule has 2 unspecified atom stereocenters. The quantitative estimate of drug-likeness (QED) is 0.498. The number of amides is 2. The summed E-state index contributed by atoms with van der Waals surface area (Å²) in [6, 6.07) is 17.1. The Labute approximate surface area is 200 Å². The van der Waals surface area contributed by atoms with Crippen molar-refractivity contribution in [3.05, 3.63) is 71.8 Å². The Hall–Kier alpha value is -3.19. The van der Waals surface area contributed by atoms with Gasteiger partial charge in [0.05, 0.1) is 24.0 Å².